The minimum atomic E-state index is -0.600. The molecule has 0 spiro atoms. The number of nitrogens with zero attached hydrogens (tertiary/aromatic N) is 1. The Labute approximate surface area is 78.3 Å². The van der Waals surface area contributed by atoms with Crippen molar-refractivity contribution in [3.63, 3.8) is 0 Å². The number of ether oxygens (including phenoxy) is 1. The predicted octanol–water partition coefficient (Wildman–Crippen LogP) is 1.22. The van der Waals surface area contributed by atoms with Gasteiger partial charge in [0.25, 0.3) is 0 Å². The molecule has 3 nitrogen and oxygen atoms in total. The second kappa shape index (κ2) is 2.97. The summed E-state index contributed by atoms with van der Waals surface area (Å²) in [4.78, 5) is 0. The lowest BCUT2D eigenvalue weighted by molar-refractivity contribution is 0.00311. The summed E-state index contributed by atoms with van der Waals surface area (Å²) in [5, 5.41) is 19.0. The molecule has 4 atom stereocenters. The van der Waals surface area contributed by atoms with E-state index in [2.05, 4.69) is 6.07 Å². The van der Waals surface area contributed by atoms with Gasteiger partial charge in [-0.1, -0.05) is 6.92 Å². The first-order valence-electron chi connectivity index (χ1n) is 4.97. The average molecular weight is 181 g/mol. The number of hydrogen-bond donors (Lipinski definition) is 1. The first kappa shape index (κ1) is 8.98. The van der Waals surface area contributed by atoms with Crippen LogP contribution >= 0.6 is 0 Å². The largest absolute Gasteiger partial charge is 0.391 e. The van der Waals surface area contributed by atoms with Crippen molar-refractivity contribution in [1.82, 2.24) is 0 Å². The number of nitriles is 1. The lowest BCUT2D eigenvalue weighted by Gasteiger charge is -2.32. The molecule has 0 aromatic rings. The lowest BCUT2D eigenvalue weighted by atomic mass is 9.70. The lowest BCUT2D eigenvalue weighted by Crippen LogP contribution is -2.41. The predicted molar refractivity (Wildman–Crippen MR) is 46.9 cm³/mol. The van der Waals surface area contributed by atoms with Crippen LogP contribution in [0.3, 0.4) is 0 Å². The van der Waals surface area contributed by atoms with E-state index in [0.29, 0.717) is 6.42 Å². The van der Waals surface area contributed by atoms with Gasteiger partial charge in [0.15, 0.2) is 0 Å². The highest BCUT2D eigenvalue weighted by molar-refractivity contribution is 5.15. The summed E-state index contributed by atoms with van der Waals surface area (Å²) < 4.78 is 5.62. The topological polar surface area (TPSA) is 53.2 Å². The molecule has 3 heteroatoms. The number of rotatable bonds is 2. The van der Waals surface area contributed by atoms with Gasteiger partial charge in [-0.3, -0.25) is 0 Å². The van der Waals surface area contributed by atoms with Gasteiger partial charge in [-0.2, -0.15) is 5.26 Å². The molecule has 72 valence electrons. The maximum Gasteiger partial charge on any atom is 0.112 e. The molecule has 2 saturated heterocycles. The summed E-state index contributed by atoms with van der Waals surface area (Å²) in [5.41, 5.74) is -0.600. The summed E-state index contributed by atoms with van der Waals surface area (Å²) in [7, 11) is 0. The van der Waals surface area contributed by atoms with Gasteiger partial charge in [-0.25, -0.2) is 0 Å². The van der Waals surface area contributed by atoms with E-state index in [0.717, 1.165) is 19.3 Å². The molecule has 2 heterocycles. The van der Waals surface area contributed by atoms with Crippen molar-refractivity contribution in [2.45, 2.75) is 50.9 Å². The second-order valence-electron chi connectivity index (χ2n) is 4.10. The van der Waals surface area contributed by atoms with Crippen LogP contribution in [0.15, 0.2) is 0 Å². The van der Waals surface area contributed by atoms with Crippen molar-refractivity contribution in [2.24, 2.45) is 5.41 Å². The van der Waals surface area contributed by atoms with Gasteiger partial charge in [0.05, 0.1) is 24.4 Å². The number of aliphatic hydroxyl groups is 1. The summed E-state index contributed by atoms with van der Waals surface area (Å²) >= 11 is 0. The molecule has 0 aromatic heterocycles. The van der Waals surface area contributed by atoms with Crippen molar-refractivity contribution in [2.75, 3.05) is 0 Å². The zero-order valence-electron chi connectivity index (χ0n) is 7.86. The molecule has 2 aliphatic heterocycles. The van der Waals surface area contributed by atoms with Crippen molar-refractivity contribution >= 4 is 0 Å². The molecule has 0 aliphatic carbocycles. The Hall–Kier alpha value is -0.590. The van der Waals surface area contributed by atoms with Gasteiger partial charge in [-0.05, 0) is 25.7 Å². The Kier molecular flexibility index (Phi) is 2.05. The van der Waals surface area contributed by atoms with E-state index >= 15 is 0 Å². The fourth-order valence-electron chi connectivity index (χ4n) is 2.65. The highest BCUT2D eigenvalue weighted by Crippen LogP contribution is 2.49. The van der Waals surface area contributed by atoms with E-state index in [1.54, 1.807) is 0 Å². The zero-order chi connectivity index (χ0) is 9.47. The van der Waals surface area contributed by atoms with Gasteiger partial charge in [0.1, 0.15) is 5.41 Å². The molecule has 1 N–H and O–H groups in total. The van der Waals surface area contributed by atoms with Crippen LogP contribution in [-0.4, -0.2) is 23.4 Å². The van der Waals surface area contributed by atoms with Crippen LogP contribution < -0.4 is 0 Å². The summed E-state index contributed by atoms with van der Waals surface area (Å²) in [6.45, 7) is 1.91. The van der Waals surface area contributed by atoms with Gasteiger partial charge in [-0.15, -0.1) is 0 Å². The highest BCUT2D eigenvalue weighted by atomic mass is 16.5. The average Bonchev–Trinajstić information content (AvgIpc) is 2.75. The monoisotopic (exact) mass is 181 g/mol. The first-order chi connectivity index (χ1) is 6.23. The fraction of sp³-hybridized carbons (Fsp3) is 0.900. The molecule has 2 fully saturated rings. The van der Waals surface area contributed by atoms with Crippen molar-refractivity contribution in [3.8, 4) is 6.07 Å². The van der Waals surface area contributed by atoms with Gasteiger partial charge >= 0.3 is 0 Å². The van der Waals surface area contributed by atoms with E-state index in [-0.39, 0.29) is 12.2 Å². The molecule has 2 aliphatic rings. The number of aliphatic hydroxyl groups excluding tert-OH is 1. The van der Waals surface area contributed by atoms with Crippen molar-refractivity contribution in [1.29, 1.82) is 5.26 Å². The molecular formula is C10H15NO2. The molecule has 0 aromatic carbocycles. The van der Waals surface area contributed by atoms with E-state index < -0.39 is 11.5 Å². The Balaban J connectivity index is 2.23. The molecule has 4 unspecified atom stereocenters. The van der Waals surface area contributed by atoms with E-state index in [1.807, 2.05) is 6.92 Å². The molecule has 13 heavy (non-hydrogen) atoms. The Bertz CT molecular complexity index is 248. The minimum absolute atomic E-state index is 0.0163. The minimum Gasteiger partial charge on any atom is -0.391 e. The zero-order valence-corrected chi connectivity index (χ0v) is 7.86. The van der Waals surface area contributed by atoms with Crippen LogP contribution in [0.2, 0.25) is 0 Å². The first-order valence-corrected chi connectivity index (χ1v) is 4.97. The standard InChI is InChI=1S/C10H15NO2/c1-2-8(12)10(6-11)5-7-3-4-9(10)13-7/h7-9,12H,2-5H2,1H3. The third kappa shape index (κ3) is 1.09. The van der Waals surface area contributed by atoms with Gasteiger partial charge < -0.3 is 9.84 Å². The normalized spacial score (nSPS) is 44.7. The molecule has 0 radical (unpaired) electrons. The number of hydrogen-bond acceptors (Lipinski definition) is 3. The van der Waals surface area contributed by atoms with Crippen LogP contribution in [0.25, 0.3) is 0 Å². The quantitative estimate of drug-likeness (QED) is 0.696. The molecule has 0 amide bonds. The van der Waals surface area contributed by atoms with E-state index in [9.17, 15) is 5.11 Å². The summed E-state index contributed by atoms with van der Waals surface area (Å²) in [5.74, 6) is 0. The SMILES string of the molecule is CCC(O)C1(C#N)CC2CCC1O2. The van der Waals surface area contributed by atoms with Crippen LogP contribution in [-0.2, 0) is 4.74 Å². The smallest absolute Gasteiger partial charge is 0.112 e. The maximum atomic E-state index is 9.83. The summed E-state index contributed by atoms with van der Waals surface area (Å²) in [6, 6.07) is 2.28. The molecule has 0 saturated carbocycles. The van der Waals surface area contributed by atoms with Crippen LogP contribution in [0.4, 0.5) is 0 Å². The van der Waals surface area contributed by atoms with Crippen LogP contribution in [0.1, 0.15) is 32.6 Å². The highest BCUT2D eigenvalue weighted by Gasteiger charge is 2.56. The Morgan fingerprint density at radius 1 is 1.69 bits per heavy atom. The second-order valence-corrected chi connectivity index (χ2v) is 4.10. The van der Waals surface area contributed by atoms with E-state index in [4.69, 9.17) is 10.00 Å². The molecule has 2 bridgehead atoms. The van der Waals surface area contributed by atoms with Crippen molar-refractivity contribution < 1.29 is 9.84 Å². The molecular weight excluding hydrogens is 166 g/mol. The Morgan fingerprint density at radius 2 is 2.46 bits per heavy atom. The van der Waals surface area contributed by atoms with Gasteiger partial charge in [0.2, 0.25) is 0 Å². The molecule has 2 rings (SSSR count). The third-order valence-electron chi connectivity index (χ3n) is 3.44. The Morgan fingerprint density at radius 3 is 2.85 bits per heavy atom. The van der Waals surface area contributed by atoms with Crippen molar-refractivity contribution in [3.05, 3.63) is 0 Å². The van der Waals surface area contributed by atoms with E-state index in [1.165, 1.54) is 0 Å². The third-order valence-corrected chi connectivity index (χ3v) is 3.44. The van der Waals surface area contributed by atoms with Gasteiger partial charge in [0, 0.05) is 0 Å². The summed E-state index contributed by atoms with van der Waals surface area (Å²) in [6.07, 6.45) is 3.06. The number of fused-ring (bicyclic) bond motifs is 2. The van der Waals surface area contributed by atoms with Crippen LogP contribution in [0.5, 0.6) is 0 Å². The van der Waals surface area contributed by atoms with Crippen LogP contribution in [0, 0.1) is 16.7 Å². The fourth-order valence-corrected chi connectivity index (χ4v) is 2.65. The maximum absolute atomic E-state index is 9.83.